The van der Waals surface area contributed by atoms with E-state index in [1.807, 2.05) is 0 Å². The van der Waals surface area contributed by atoms with Gasteiger partial charge in [-0.15, -0.1) is 0 Å². The van der Waals surface area contributed by atoms with Gasteiger partial charge in [-0.25, -0.2) is 4.98 Å². The van der Waals surface area contributed by atoms with Crippen LogP contribution in [0.1, 0.15) is 39.4 Å². The summed E-state index contributed by atoms with van der Waals surface area (Å²) in [5, 5.41) is 0. The molecule has 1 heterocycles. The third-order valence-corrected chi connectivity index (χ3v) is 3.52. The maximum atomic E-state index is 6.38. The van der Waals surface area contributed by atoms with Crippen molar-refractivity contribution >= 4 is 0 Å². The van der Waals surface area contributed by atoms with Crippen molar-refractivity contribution in [3.8, 4) is 5.88 Å². The first kappa shape index (κ1) is 14.9. The van der Waals surface area contributed by atoms with Gasteiger partial charge < -0.3 is 10.5 Å². The normalized spacial score (nSPS) is 13.7. The van der Waals surface area contributed by atoms with Gasteiger partial charge >= 0.3 is 0 Å². The number of hydrogen-bond donors (Lipinski definition) is 1. The van der Waals surface area contributed by atoms with Crippen LogP contribution in [0.4, 0.5) is 0 Å². The third-order valence-electron chi connectivity index (χ3n) is 3.52. The fraction of sp³-hybridized carbons (Fsp3) is 0.692. The zero-order valence-electron chi connectivity index (χ0n) is 12.0. The first-order valence-corrected chi connectivity index (χ1v) is 6.34. The van der Waals surface area contributed by atoms with Crippen molar-refractivity contribution in [3.63, 3.8) is 0 Å². The first-order chi connectivity index (χ1) is 8.48. The Hall–Kier alpha value is -1.20. The second-order valence-electron chi connectivity index (χ2n) is 4.75. The number of nitrogens with zero attached hydrogens (tertiary/aromatic N) is 3. The van der Waals surface area contributed by atoms with Crippen LogP contribution >= 0.6 is 0 Å². The van der Waals surface area contributed by atoms with Gasteiger partial charge in [0.1, 0.15) is 5.69 Å². The van der Waals surface area contributed by atoms with Gasteiger partial charge in [-0.05, 0) is 26.9 Å². The Labute approximate surface area is 109 Å². The van der Waals surface area contributed by atoms with E-state index in [1.165, 1.54) is 0 Å². The molecule has 0 aliphatic carbocycles. The Morgan fingerprint density at radius 2 is 1.83 bits per heavy atom. The number of rotatable bonds is 6. The molecule has 0 spiro atoms. The summed E-state index contributed by atoms with van der Waals surface area (Å²) in [6.07, 6.45) is 3.26. The Bertz CT molecular complexity index is 377. The van der Waals surface area contributed by atoms with Gasteiger partial charge in [0.25, 0.3) is 0 Å². The van der Waals surface area contributed by atoms with Gasteiger partial charge in [0.05, 0.1) is 13.2 Å². The Morgan fingerprint density at radius 3 is 2.33 bits per heavy atom. The van der Waals surface area contributed by atoms with E-state index in [0.29, 0.717) is 11.6 Å². The van der Waals surface area contributed by atoms with Gasteiger partial charge in [0.2, 0.25) is 5.88 Å². The summed E-state index contributed by atoms with van der Waals surface area (Å²) in [7, 11) is 1.59. The Morgan fingerprint density at radius 1 is 1.28 bits per heavy atom. The molecule has 18 heavy (non-hydrogen) atoms. The van der Waals surface area contributed by atoms with Gasteiger partial charge in [0.15, 0.2) is 0 Å². The summed E-state index contributed by atoms with van der Waals surface area (Å²) in [6.45, 7) is 10.4. The van der Waals surface area contributed by atoms with Crippen molar-refractivity contribution in [1.29, 1.82) is 0 Å². The summed E-state index contributed by atoms with van der Waals surface area (Å²) >= 11 is 0. The van der Waals surface area contributed by atoms with Crippen LogP contribution in [0, 0.1) is 0 Å². The van der Waals surface area contributed by atoms with Crippen molar-refractivity contribution in [3.05, 3.63) is 18.1 Å². The molecule has 0 bridgehead atoms. The molecule has 2 N–H and O–H groups in total. The summed E-state index contributed by atoms with van der Waals surface area (Å²) in [5.74, 6) is 0.505. The average molecular weight is 252 g/mol. The minimum Gasteiger partial charge on any atom is -0.480 e. The van der Waals surface area contributed by atoms with Crippen molar-refractivity contribution in [2.45, 2.75) is 39.3 Å². The average Bonchev–Trinajstić information content (AvgIpc) is 2.38. The van der Waals surface area contributed by atoms with Gasteiger partial charge in [-0.3, -0.25) is 9.88 Å². The number of nitrogens with two attached hydrogens (primary N) is 1. The molecule has 0 saturated carbocycles. The fourth-order valence-electron chi connectivity index (χ4n) is 2.28. The highest BCUT2D eigenvalue weighted by atomic mass is 16.5. The highest BCUT2D eigenvalue weighted by molar-refractivity contribution is 5.24. The molecular weight excluding hydrogens is 228 g/mol. The molecule has 0 fully saturated rings. The number of hydrogen-bond acceptors (Lipinski definition) is 5. The Balaban J connectivity index is 3.08. The Kier molecular flexibility index (Phi) is 5.04. The van der Waals surface area contributed by atoms with Crippen molar-refractivity contribution < 1.29 is 4.74 Å². The van der Waals surface area contributed by atoms with Crippen LogP contribution in [0.25, 0.3) is 0 Å². The van der Waals surface area contributed by atoms with Crippen LogP contribution in [0.3, 0.4) is 0 Å². The predicted octanol–water partition coefficient (Wildman–Crippen LogP) is 1.61. The smallest absolute Gasteiger partial charge is 0.237 e. The lowest BCUT2D eigenvalue weighted by molar-refractivity contribution is 0.104. The molecule has 0 amide bonds. The minimum absolute atomic E-state index is 0.202. The van der Waals surface area contributed by atoms with E-state index in [9.17, 15) is 0 Å². The SMILES string of the molecule is CCN(CC)C(C)(C)C(N)c1nccnc1OC. The molecule has 5 nitrogen and oxygen atoms in total. The van der Waals surface area contributed by atoms with Crippen molar-refractivity contribution in [1.82, 2.24) is 14.9 Å². The van der Waals surface area contributed by atoms with Crippen molar-refractivity contribution in [2.24, 2.45) is 5.73 Å². The van der Waals surface area contributed by atoms with E-state index in [-0.39, 0.29) is 11.6 Å². The molecule has 0 aromatic carbocycles. The van der Waals surface area contributed by atoms with Crippen LogP contribution in [-0.2, 0) is 0 Å². The number of ether oxygens (including phenoxy) is 1. The van der Waals surface area contributed by atoms with Gasteiger partial charge in [-0.2, -0.15) is 0 Å². The molecule has 1 unspecified atom stereocenters. The lowest BCUT2D eigenvalue weighted by Crippen LogP contribution is -2.51. The quantitative estimate of drug-likeness (QED) is 0.833. The highest BCUT2D eigenvalue weighted by Gasteiger charge is 2.35. The summed E-state index contributed by atoms with van der Waals surface area (Å²) in [6, 6.07) is -0.249. The largest absolute Gasteiger partial charge is 0.480 e. The number of methoxy groups -OCH3 is 1. The molecular formula is C13H24N4O. The topological polar surface area (TPSA) is 64.3 Å². The van der Waals surface area contributed by atoms with E-state index >= 15 is 0 Å². The van der Waals surface area contributed by atoms with Crippen LogP contribution in [0.5, 0.6) is 5.88 Å². The molecule has 0 saturated heterocycles. The van der Waals surface area contributed by atoms with Gasteiger partial charge in [-0.1, -0.05) is 13.8 Å². The maximum absolute atomic E-state index is 6.38. The van der Waals surface area contributed by atoms with Crippen LogP contribution in [0.15, 0.2) is 12.4 Å². The first-order valence-electron chi connectivity index (χ1n) is 6.34. The lowest BCUT2D eigenvalue weighted by Gasteiger charge is -2.41. The molecule has 1 rings (SSSR count). The zero-order chi connectivity index (χ0) is 13.8. The second kappa shape index (κ2) is 6.11. The molecule has 102 valence electrons. The van der Waals surface area contributed by atoms with Crippen molar-refractivity contribution in [2.75, 3.05) is 20.2 Å². The van der Waals surface area contributed by atoms with E-state index in [1.54, 1.807) is 19.5 Å². The standard InChI is InChI=1S/C13H24N4O/c1-6-17(7-2)13(3,4)11(14)10-12(18-5)16-9-8-15-10/h8-9,11H,6-7,14H2,1-5H3. The van der Waals surface area contributed by atoms with Gasteiger partial charge in [0, 0.05) is 17.9 Å². The van der Waals surface area contributed by atoms with Crippen LogP contribution < -0.4 is 10.5 Å². The molecule has 1 aromatic heterocycles. The number of aromatic nitrogens is 2. The summed E-state index contributed by atoms with van der Waals surface area (Å²) in [5.41, 5.74) is 6.88. The van der Waals surface area contributed by atoms with E-state index in [2.05, 4.69) is 42.6 Å². The molecule has 0 aliphatic rings. The lowest BCUT2D eigenvalue weighted by atomic mass is 9.90. The number of likely N-dealkylation sites (N-methyl/N-ethyl adjacent to an activating group) is 1. The van der Waals surface area contributed by atoms with E-state index in [4.69, 9.17) is 10.5 Å². The third kappa shape index (κ3) is 2.79. The molecule has 1 atom stereocenters. The van der Waals surface area contributed by atoms with E-state index in [0.717, 1.165) is 13.1 Å². The van der Waals surface area contributed by atoms with E-state index < -0.39 is 0 Å². The summed E-state index contributed by atoms with van der Waals surface area (Å²) < 4.78 is 5.24. The molecule has 1 aromatic rings. The van der Waals surface area contributed by atoms with Crippen LogP contribution in [-0.4, -0.2) is 40.6 Å². The minimum atomic E-state index is -0.249. The van der Waals surface area contributed by atoms with Crippen LogP contribution in [0.2, 0.25) is 0 Å². The molecule has 5 heteroatoms. The molecule has 0 aliphatic heterocycles. The highest BCUT2D eigenvalue weighted by Crippen LogP contribution is 2.31. The second-order valence-corrected chi connectivity index (χ2v) is 4.75. The zero-order valence-corrected chi connectivity index (χ0v) is 12.0. The fourth-order valence-corrected chi connectivity index (χ4v) is 2.28. The summed E-state index contributed by atoms with van der Waals surface area (Å²) in [4.78, 5) is 10.8. The monoisotopic (exact) mass is 252 g/mol. The predicted molar refractivity (Wildman–Crippen MR) is 72.5 cm³/mol. The maximum Gasteiger partial charge on any atom is 0.237 e. The molecule has 0 radical (unpaired) electrons.